The topological polar surface area (TPSA) is 81.8 Å². The minimum atomic E-state index is -1.14. The molecule has 1 fully saturated rings. The van der Waals surface area contributed by atoms with Gasteiger partial charge in [0, 0.05) is 10.5 Å². The molecule has 0 radical (unpaired) electrons. The number of halogens is 1. The predicted molar refractivity (Wildman–Crippen MR) is 81.4 cm³/mol. The Morgan fingerprint density at radius 1 is 1.41 bits per heavy atom. The molecule has 3 rings (SSSR count). The number of aromatic nitrogens is 1. The van der Waals surface area contributed by atoms with E-state index in [1.54, 1.807) is 19.2 Å². The van der Waals surface area contributed by atoms with E-state index in [1.165, 1.54) is 6.07 Å². The largest absolute Gasteiger partial charge is 0.493 e. The van der Waals surface area contributed by atoms with Gasteiger partial charge in [-0.05, 0) is 31.4 Å². The number of carboxylic acids is 1. The van der Waals surface area contributed by atoms with Gasteiger partial charge >= 0.3 is 5.97 Å². The van der Waals surface area contributed by atoms with Crippen LogP contribution in [0.25, 0.3) is 11.3 Å². The third-order valence-corrected chi connectivity index (χ3v) is 4.03. The van der Waals surface area contributed by atoms with Crippen LogP contribution in [-0.4, -0.2) is 29.4 Å². The van der Waals surface area contributed by atoms with Crippen LogP contribution in [0, 0.1) is 0 Å². The summed E-state index contributed by atoms with van der Waals surface area (Å²) in [6.45, 7) is 0. The first-order valence-electron chi connectivity index (χ1n) is 6.83. The Morgan fingerprint density at radius 3 is 2.73 bits per heavy atom. The fraction of sp³-hybridized carbons (Fsp3) is 0.333. The number of methoxy groups -OCH3 is 1. The monoisotopic (exact) mass is 367 g/mol. The quantitative estimate of drug-likeness (QED) is 0.866. The molecule has 0 spiro atoms. The highest BCUT2D eigenvalue weighted by Gasteiger charge is 2.25. The van der Waals surface area contributed by atoms with Gasteiger partial charge in [-0.15, -0.1) is 0 Å². The molecular weight excluding hydrogens is 354 g/mol. The average molecular weight is 368 g/mol. The summed E-state index contributed by atoms with van der Waals surface area (Å²) >= 11 is 3.40. The fourth-order valence-corrected chi connectivity index (χ4v) is 2.62. The number of benzene rings is 1. The summed E-state index contributed by atoms with van der Waals surface area (Å²) in [7, 11) is 1.56. The van der Waals surface area contributed by atoms with Crippen molar-refractivity contribution >= 4 is 21.9 Å². The standard InChI is InChI=1S/C15H14BrNO5/c1-20-13-6-8(16)5-10(14(13)21-9-3-2-4-9)12-7-11(15(18)19)17-22-12/h5-7,9H,2-4H2,1H3,(H,18,19). The Hall–Kier alpha value is -2.02. The van der Waals surface area contributed by atoms with E-state index in [9.17, 15) is 4.79 Å². The smallest absolute Gasteiger partial charge is 0.358 e. The highest BCUT2D eigenvalue weighted by atomic mass is 79.9. The molecule has 0 bridgehead atoms. The maximum atomic E-state index is 11.0. The summed E-state index contributed by atoms with van der Waals surface area (Å²) in [5.41, 5.74) is 0.460. The van der Waals surface area contributed by atoms with Crippen molar-refractivity contribution in [2.75, 3.05) is 7.11 Å². The van der Waals surface area contributed by atoms with E-state index in [1.807, 2.05) is 0 Å². The van der Waals surface area contributed by atoms with Crippen LogP contribution >= 0.6 is 15.9 Å². The second kappa shape index (κ2) is 6.00. The van der Waals surface area contributed by atoms with Gasteiger partial charge in [-0.3, -0.25) is 0 Å². The van der Waals surface area contributed by atoms with E-state index >= 15 is 0 Å². The van der Waals surface area contributed by atoms with Gasteiger partial charge < -0.3 is 19.1 Å². The lowest BCUT2D eigenvalue weighted by Crippen LogP contribution is -2.25. The number of carbonyl (C=O) groups is 1. The van der Waals surface area contributed by atoms with Crippen molar-refractivity contribution in [1.82, 2.24) is 5.16 Å². The minimum absolute atomic E-state index is 0.149. The minimum Gasteiger partial charge on any atom is -0.493 e. The van der Waals surface area contributed by atoms with E-state index in [0.29, 0.717) is 22.8 Å². The second-order valence-electron chi connectivity index (χ2n) is 5.04. The summed E-state index contributed by atoms with van der Waals surface area (Å²) in [6, 6.07) is 4.96. The van der Waals surface area contributed by atoms with Crippen molar-refractivity contribution in [3.8, 4) is 22.8 Å². The molecule has 116 valence electrons. The number of ether oxygens (including phenoxy) is 2. The summed E-state index contributed by atoms with van der Waals surface area (Å²) in [5.74, 6) is 0.290. The molecule has 0 unspecified atom stereocenters. The molecule has 1 saturated carbocycles. The van der Waals surface area contributed by atoms with E-state index in [2.05, 4.69) is 21.1 Å². The van der Waals surface area contributed by atoms with Crippen molar-refractivity contribution in [3.05, 3.63) is 28.4 Å². The number of aromatic carboxylic acids is 1. The van der Waals surface area contributed by atoms with Crippen LogP contribution in [0.1, 0.15) is 29.8 Å². The Bertz CT molecular complexity index is 708. The normalized spacial score (nSPS) is 14.5. The van der Waals surface area contributed by atoms with Crippen LogP contribution in [0.5, 0.6) is 11.5 Å². The molecule has 0 atom stereocenters. The maximum absolute atomic E-state index is 11.0. The van der Waals surface area contributed by atoms with Crippen LogP contribution in [0.3, 0.4) is 0 Å². The number of carboxylic acid groups (broad SMARTS) is 1. The number of rotatable bonds is 5. The third-order valence-electron chi connectivity index (χ3n) is 3.57. The molecular formula is C15H14BrNO5. The first kappa shape index (κ1) is 14.9. The number of nitrogens with zero attached hydrogens (tertiary/aromatic N) is 1. The Morgan fingerprint density at radius 2 is 2.18 bits per heavy atom. The van der Waals surface area contributed by atoms with Crippen molar-refractivity contribution in [3.63, 3.8) is 0 Å². The highest BCUT2D eigenvalue weighted by Crippen LogP contribution is 2.43. The summed E-state index contributed by atoms with van der Waals surface area (Å²) in [5, 5.41) is 12.5. The molecule has 0 saturated heterocycles. The van der Waals surface area contributed by atoms with Gasteiger partial charge in [0.1, 0.15) is 0 Å². The van der Waals surface area contributed by atoms with Gasteiger partial charge in [-0.1, -0.05) is 21.1 Å². The molecule has 1 aromatic heterocycles. The Balaban J connectivity index is 2.06. The zero-order valence-electron chi connectivity index (χ0n) is 11.8. The zero-order valence-corrected chi connectivity index (χ0v) is 13.4. The van der Waals surface area contributed by atoms with Crippen molar-refractivity contribution in [1.29, 1.82) is 0 Å². The van der Waals surface area contributed by atoms with Crippen LogP contribution in [0.15, 0.2) is 27.2 Å². The SMILES string of the molecule is COc1cc(Br)cc(-c2cc(C(=O)O)no2)c1OC1CCC1. The van der Waals surface area contributed by atoms with E-state index < -0.39 is 5.97 Å². The van der Waals surface area contributed by atoms with Gasteiger partial charge in [-0.2, -0.15) is 0 Å². The molecule has 0 amide bonds. The van der Waals surface area contributed by atoms with Gasteiger partial charge in [0.25, 0.3) is 0 Å². The molecule has 1 aliphatic carbocycles. The van der Waals surface area contributed by atoms with E-state index in [-0.39, 0.29) is 11.8 Å². The highest BCUT2D eigenvalue weighted by molar-refractivity contribution is 9.10. The summed E-state index contributed by atoms with van der Waals surface area (Å²) < 4.78 is 17.3. The van der Waals surface area contributed by atoms with Crippen LogP contribution in [0.2, 0.25) is 0 Å². The van der Waals surface area contributed by atoms with Gasteiger partial charge in [0.15, 0.2) is 23.0 Å². The van der Waals surface area contributed by atoms with Crippen LogP contribution in [-0.2, 0) is 0 Å². The molecule has 1 heterocycles. The summed E-state index contributed by atoms with van der Waals surface area (Å²) in [6.07, 6.45) is 3.28. The third kappa shape index (κ3) is 2.81. The second-order valence-corrected chi connectivity index (χ2v) is 5.95. The number of hydrogen-bond donors (Lipinski definition) is 1. The molecule has 2 aromatic rings. The first-order chi connectivity index (χ1) is 10.6. The van der Waals surface area contributed by atoms with Crippen molar-refractivity contribution in [2.45, 2.75) is 25.4 Å². The molecule has 7 heteroatoms. The molecule has 1 aliphatic rings. The van der Waals surface area contributed by atoms with Gasteiger partial charge in [-0.25, -0.2) is 4.79 Å². The predicted octanol–water partition coefficient (Wildman–Crippen LogP) is 3.74. The van der Waals surface area contributed by atoms with Crippen LogP contribution in [0.4, 0.5) is 0 Å². The summed E-state index contributed by atoms with van der Waals surface area (Å²) in [4.78, 5) is 11.0. The van der Waals surface area contributed by atoms with E-state index in [0.717, 1.165) is 23.7 Å². The Kier molecular flexibility index (Phi) is 4.06. The Labute approximate surface area is 135 Å². The zero-order chi connectivity index (χ0) is 15.7. The van der Waals surface area contributed by atoms with Gasteiger partial charge in [0.05, 0.1) is 18.8 Å². The van der Waals surface area contributed by atoms with E-state index in [4.69, 9.17) is 19.1 Å². The average Bonchev–Trinajstić information content (AvgIpc) is 2.92. The number of hydrogen-bond acceptors (Lipinski definition) is 5. The van der Waals surface area contributed by atoms with Crippen LogP contribution < -0.4 is 9.47 Å². The first-order valence-corrected chi connectivity index (χ1v) is 7.62. The lowest BCUT2D eigenvalue weighted by atomic mass is 9.96. The molecule has 1 aromatic carbocycles. The molecule has 6 nitrogen and oxygen atoms in total. The van der Waals surface area contributed by atoms with Gasteiger partial charge in [0.2, 0.25) is 0 Å². The molecule has 0 aliphatic heterocycles. The lowest BCUT2D eigenvalue weighted by molar-refractivity contribution is 0.0686. The maximum Gasteiger partial charge on any atom is 0.358 e. The fourth-order valence-electron chi connectivity index (χ4n) is 2.18. The lowest BCUT2D eigenvalue weighted by Gasteiger charge is -2.28. The molecule has 1 N–H and O–H groups in total. The molecule has 22 heavy (non-hydrogen) atoms. The van der Waals surface area contributed by atoms with Crippen molar-refractivity contribution in [2.24, 2.45) is 0 Å². The van der Waals surface area contributed by atoms with Crippen molar-refractivity contribution < 1.29 is 23.9 Å².